The van der Waals surface area contributed by atoms with Crippen LogP contribution in [0.25, 0.3) is 11.2 Å². The maximum atomic E-state index is 12.2. The number of aromatic carboxylic acids is 1. The van der Waals surface area contributed by atoms with Crippen LogP contribution in [0.1, 0.15) is 10.6 Å². The third kappa shape index (κ3) is 1.60. The molecule has 0 bridgehead atoms. The average molecular weight is 283 g/mol. The van der Waals surface area contributed by atoms with Gasteiger partial charge in [-0.3, -0.25) is 4.79 Å². The van der Waals surface area contributed by atoms with E-state index in [1.54, 1.807) is 0 Å². The van der Waals surface area contributed by atoms with E-state index in [0.29, 0.717) is 0 Å². The molecule has 20 heavy (non-hydrogen) atoms. The van der Waals surface area contributed by atoms with Gasteiger partial charge in [0.1, 0.15) is 0 Å². The van der Waals surface area contributed by atoms with Crippen molar-refractivity contribution in [3.05, 3.63) is 26.7 Å². The largest absolute Gasteiger partial charge is 0.475 e. The Morgan fingerprint density at radius 2 is 1.60 bits per heavy atom. The van der Waals surface area contributed by atoms with E-state index in [1.165, 1.54) is 21.1 Å². The lowest BCUT2D eigenvalue weighted by molar-refractivity contribution is 0.0680. The van der Waals surface area contributed by atoms with Crippen molar-refractivity contribution in [2.45, 2.75) is 0 Å². The smallest absolute Gasteiger partial charge is 0.374 e. The average Bonchev–Trinajstić information content (AvgIpc) is 2.79. The predicted molar refractivity (Wildman–Crippen MR) is 71.1 cm³/mol. The lowest BCUT2D eigenvalue weighted by Crippen LogP contribution is -2.46. The number of nitrogens with one attached hydrogen (secondary N) is 3. The van der Waals surface area contributed by atoms with Gasteiger partial charge in [-0.05, 0) is 0 Å². The van der Waals surface area contributed by atoms with Gasteiger partial charge in [-0.1, -0.05) is 0 Å². The molecule has 0 saturated heterocycles. The first-order valence-electron chi connectivity index (χ1n) is 5.55. The molecule has 108 valence electrons. The maximum absolute atomic E-state index is 12.2. The topological polar surface area (TPSA) is 135 Å². The number of carboxylic acid groups (broad SMARTS) is 1. The highest BCUT2D eigenvalue weighted by atomic mass is 16.4. The minimum Gasteiger partial charge on any atom is -0.475 e. The van der Waals surface area contributed by atoms with Crippen molar-refractivity contribution < 1.29 is 9.90 Å². The minimum atomic E-state index is -1.33. The molecule has 0 aliphatic rings. The quantitative estimate of drug-likeness (QED) is 0.487. The van der Waals surface area contributed by atoms with Crippen LogP contribution in [-0.2, 0) is 0 Å². The molecule has 0 amide bonds. The second-order valence-corrected chi connectivity index (χ2v) is 3.68. The highest BCUT2D eigenvalue weighted by Gasteiger charge is 2.23. The Labute approximate surface area is 111 Å². The van der Waals surface area contributed by atoms with Gasteiger partial charge in [-0.2, -0.15) is 14.3 Å². The third-order valence-electron chi connectivity index (χ3n) is 2.72. The lowest BCUT2D eigenvalue weighted by Gasteiger charge is -2.10. The van der Waals surface area contributed by atoms with Crippen molar-refractivity contribution in [2.75, 3.05) is 37.4 Å². The SMILES string of the molecule is CNn1c(=O)c2c(nc(C(=O)O)n2NC)n(NC)c1=O. The van der Waals surface area contributed by atoms with Gasteiger partial charge in [-0.15, -0.1) is 0 Å². The molecule has 0 aromatic carbocycles. The van der Waals surface area contributed by atoms with E-state index >= 15 is 0 Å². The molecule has 4 N–H and O–H groups in total. The Balaban J connectivity index is 3.11. The van der Waals surface area contributed by atoms with Gasteiger partial charge in [-0.25, -0.2) is 14.3 Å². The first-order valence-corrected chi connectivity index (χ1v) is 5.55. The Kier molecular flexibility index (Phi) is 3.10. The summed E-state index contributed by atoms with van der Waals surface area (Å²) in [6.07, 6.45) is 0. The zero-order valence-electron chi connectivity index (χ0n) is 11.0. The summed E-state index contributed by atoms with van der Waals surface area (Å²) in [5, 5.41) is 9.09. The van der Waals surface area contributed by atoms with E-state index < -0.39 is 23.0 Å². The Morgan fingerprint density at radius 1 is 1.05 bits per heavy atom. The third-order valence-corrected chi connectivity index (χ3v) is 2.72. The second kappa shape index (κ2) is 4.60. The minimum absolute atomic E-state index is 0.0757. The Morgan fingerprint density at radius 3 is 2.05 bits per heavy atom. The van der Waals surface area contributed by atoms with Crippen molar-refractivity contribution in [1.29, 1.82) is 0 Å². The Bertz CT molecular complexity index is 799. The van der Waals surface area contributed by atoms with Crippen LogP contribution in [0.3, 0.4) is 0 Å². The summed E-state index contributed by atoms with van der Waals surface area (Å²) in [5.41, 5.74) is 5.95. The number of carbonyl (C=O) groups is 1. The Hall–Kier alpha value is -2.98. The maximum Gasteiger partial charge on any atom is 0.374 e. The lowest BCUT2D eigenvalue weighted by atomic mass is 10.5. The van der Waals surface area contributed by atoms with Crippen molar-refractivity contribution in [1.82, 2.24) is 19.0 Å². The number of nitrogens with zero attached hydrogens (tertiary/aromatic N) is 4. The highest BCUT2D eigenvalue weighted by Crippen LogP contribution is 2.08. The molecule has 11 nitrogen and oxygen atoms in total. The molecule has 0 spiro atoms. The van der Waals surface area contributed by atoms with Crippen LogP contribution in [0.4, 0.5) is 0 Å². The molecule has 2 heterocycles. The predicted octanol–water partition coefficient (Wildman–Crippen LogP) is -2.42. The van der Waals surface area contributed by atoms with E-state index in [9.17, 15) is 14.4 Å². The van der Waals surface area contributed by atoms with Crippen LogP contribution in [0.2, 0.25) is 0 Å². The van der Waals surface area contributed by atoms with E-state index in [2.05, 4.69) is 21.3 Å². The molecule has 11 heteroatoms. The van der Waals surface area contributed by atoms with Crippen LogP contribution < -0.4 is 27.5 Å². The molecule has 0 unspecified atom stereocenters. The van der Waals surface area contributed by atoms with Crippen LogP contribution in [0.15, 0.2) is 9.59 Å². The zero-order valence-corrected chi connectivity index (χ0v) is 11.0. The molecular formula is C9H13N7O4. The fraction of sp³-hybridized carbons (Fsp3) is 0.333. The first-order chi connectivity index (χ1) is 9.47. The van der Waals surface area contributed by atoms with Gasteiger partial charge >= 0.3 is 17.2 Å². The number of hydrogen-bond acceptors (Lipinski definition) is 7. The van der Waals surface area contributed by atoms with Gasteiger partial charge in [0.2, 0.25) is 5.82 Å². The van der Waals surface area contributed by atoms with Crippen molar-refractivity contribution in [3.8, 4) is 0 Å². The van der Waals surface area contributed by atoms with E-state index in [4.69, 9.17) is 5.11 Å². The number of hydrogen-bond donors (Lipinski definition) is 4. The molecule has 0 radical (unpaired) electrons. The molecule has 2 aromatic rings. The summed E-state index contributed by atoms with van der Waals surface area (Å²) in [4.78, 5) is 39.2. The van der Waals surface area contributed by atoms with Gasteiger partial charge in [0.15, 0.2) is 11.2 Å². The number of fused-ring (bicyclic) bond motifs is 1. The number of aromatic nitrogens is 4. The highest BCUT2D eigenvalue weighted by molar-refractivity contribution is 5.88. The summed E-state index contributed by atoms with van der Waals surface area (Å²) >= 11 is 0. The standard InChI is InChI=1S/C9H13N7O4/c1-10-14-4-5(13-6(14)8(18)19)15(11-2)9(20)16(12-3)7(4)17/h10-12H,1-3H3,(H,18,19). The van der Waals surface area contributed by atoms with Crippen LogP contribution in [0.5, 0.6) is 0 Å². The molecule has 0 aliphatic heterocycles. The number of carboxylic acids is 1. The fourth-order valence-electron chi connectivity index (χ4n) is 1.90. The summed E-state index contributed by atoms with van der Waals surface area (Å²) in [7, 11) is 4.28. The molecular weight excluding hydrogens is 270 g/mol. The monoisotopic (exact) mass is 283 g/mol. The van der Waals surface area contributed by atoms with Gasteiger partial charge in [0.05, 0.1) is 0 Å². The normalized spacial score (nSPS) is 10.6. The van der Waals surface area contributed by atoms with Gasteiger partial charge in [0.25, 0.3) is 0 Å². The summed E-state index contributed by atoms with van der Waals surface area (Å²) < 4.78 is 2.70. The van der Waals surface area contributed by atoms with Crippen molar-refractivity contribution in [2.24, 2.45) is 0 Å². The zero-order chi connectivity index (χ0) is 15.0. The molecule has 2 rings (SSSR count). The summed E-state index contributed by atoms with van der Waals surface area (Å²) in [6, 6.07) is 0. The van der Waals surface area contributed by atoms with Crippen LogP contribution >= 0.6 is 0 Å². The fourth-order valence-corrected chi connectivity index (χ4v) is 1.90. The first kappa shape index (κ1) is 13.5. The number of imidazole rings is 1. The van der Waals surface area contributed by atoms with Crippen molar-refractivity contribution in [3.63, 3.8) is 0 Å². The van der Waals surface area contributed by atoms with Gasteiger partial charge < -0.3 is 21.4 Å². The molecule has 0 aliphatic carbocycles. The number of rotatable bonds is 4. The molecule has 0 atom stereocenters. The van der Waals surface area contributed by atoms with Crippen LogP contribution in [0, 0.1) is 0 Å². The molecule has 2 aromatic heterocycles. The summed E-state index contributed by atoms with van der Waals surface area (Å²) in [6.45, 7) is 0. The summed E-state index contributed by atoms with van der Waals surface area (Å²) in [5.74, 6) is -1.74. The molecule has 0 fully saturated rings. The van der Waals surface area contributed by atoms with E-state index in [0.717, 1.165) is 14.0 Å². The second-order valence-electron chi connectivity index (χ2n) is 3.68. The van der Waals surface area contributed by atoms with Gasteiger partial charge in [0, 0.05) is 21.1 Å². The van der Waals surface area contributed by atoms with E-state index in [1.807, 2.05) is 0 Å². The van der Waals surface area contributed by atoms with Crippen molar-refractivity contribution >= 4 is 17.1 Å². The molecule has 0 saturated carbocycles. The van der Waals surface area contributed by atoms with Crippen LogP contribution in [-0.4, -0.2) is 51.2 Å². The van der Waals surface area contributed by atoms with E-state index in [-0.39, 0.29) is 11.2 Å².